The molecule has 0 aliphatic heterocycles. The lowest BCUT2D eigenvalue weighted by atomic mass is 9.81. The van der Waals surface area contributed by atoms with Crippen LogP contribution in [0.4, 0.5) is 0 Å². The van der Waals surface area contributed by atoms with Crippen LogP contribution in [0.3, 0.4) is 0 Å². The van der Waals surface area contributed by atoms with Gasteiger partial charge in [0.2, 0.25) is 0 Å². The molecule has 0 heterocycles. The molecule has 1 N–H and O–H groups in total. The van der Waals surface area contributed by atoms with Gasteiger partial charge in [-0.2, -0.15) is 0 Å². The standard InChI is InChI=1S/C12H25N/c1-10(2)9-12(13-3)11-7-5-4-6-8-11/h10-13H,4-9H2,1-3H3. The van der Waals surface area contributed by atoms with E-state index in [9.17, 15) is 0 Å². The Kier molecular flexibility index (Phi) is 4.79. The van der Waals surface area contributed by atoms with Gasteiger partial charge in [0.1, 0.15) is 0 Å². The number of hydrogen-bond donors (Lipinski definition) is 1. The Labute approximate surface area is 83.3 Å². The van der Waals surface area contributed by atoms with Crippen molar-refractivity contribution in [2.75, 3.05) is 7.05 Å². The number of nitrogens with one attached hydrogen (secondary N) is 1. The van der Waals surface area contributed by atoms with E-state index in [1.807, 2.05) is 0 Å². The minimum atomic E-state index is 0.778. The van der Waals surface area contributed by atoms with Crippen LogP contribution in [0.5, 0.6) is 0 Å². The van der Waals surface area contributed by atoms with Gasteiger partial charge >= 0.3 is 0 Å². The van der Waals surface area contributed by atoms with Crippen LogP contribution in [0.2, 0.25) is 0 Å². The summed E-state index contributed by atoms with van der Waals surface area (Å²) in [5, 5.41) is 3.50. The monoisotopic (exact) mass is 183 g/mol. The molecular weight excluding hydrogens is 158 g/mol. The minimum absolute atomic E-state index is 0.778. The molecule has 1 fully saturated rings. The van der Waals surface area contributed by atoms with Crippen molar-refractivity contribution in [1.29, 1.82) is 0 Å². The van der Waals surface area contributed by atoms with Crippen molar-refractivity contribution in [1.82, 2.24) is 5.32 Å². The summed E-state index contributed by atoms with van der Waals surface area (Å²) in [6, 6.07) is 0.778. The molecule has 1 aliphatic carbocycles. The van der Waals surface area contributed by atoms with Gasteiger partial charge in [0, 0.05) is 6.04 Å². The summed E-state index contributed by atoms with van der Waals surface area (Å²) in [5.74, 6) is 1.79. The third-order valence-electron chi connectivity index (χ3n) is 3.31. The first-order valence-electron chi connectivity index (χ1n) is 5.91. The highest BCUT2D eigenvalue weighted by atomic mass is 14.9. The Morgan fingerprint density at radius 1 is 1.15 bits per heavy atom. The van der Waals surface area contributed by atoms with Gasteiger partial charge in [-0.15, -0.1) is 0 Å². The fraction of sp³-hybridized carbons (Fsp3) is 1.00. The highest BCUT2D eigenvalue weighted by Crippen LogP contribution is 2.28. The van der Waals surface area contributed by atoms with Gasteiger partial charge in [-0.25, -0.2) is 0 Å². The van der Waals surface area contributed by atoms with Crippen LogP contribution in [0.25, 0.3) is 0 Å². The van der Waals surface area contributed by atoms with Crippen molar-refractivity contribution in [2.24, 2.45) is 11.8 Å². The van der Waals surface area contributed by atoms with Gasteiger partial charge in [0.25, 0.3) is 0 Å². The smallest absolute Gasteiger partial charge is 0.00947 e. The molecule has 0 aromatic rings. The zero-order chi connectivity index (χ0) is 9.68. The first-order valence-corrected chi connectivity index (χ1v) is 5.91. The van der Waals surface area contributed by atoms with E-state index >= 15 is 0 Å². The van der Waals surface area contributed by atoms with Crippen molar-refractivity contribution in [3.8, 4) is 0 Å². The van der Waals surface area contributed by atoms with Gasteiger partial charge < -0.3 is 5.32 Å². The molecule has 0 bridgehead atoms. The van der Waals surface area contributed by atoms with E-state index in [1.54, 1.807) is 0 Å². The first-order chi connectivity index (χ1) is 6.24. The van der Waals surface area contributed by atoms with E-state index < -0.39 is 0 Å². The summed E-state index contributed by atoms with van der Waals surface area (Å²) >= 11 is 0. The summed E-state index contributed by atoms with van der Waals surface area (Å²) in [6.07, 6.45) is 8.65. The predicted molar refractivity (Wildman–Crippen MR) is 58.9 cm³/mol. The molecule has 0 radical (unpaired) electrons. The average molecular weight is 183 g/mol. The second kappa shape index (κ2) is 5.64. The lowest BCUT2D eigenvalue weighted by Crippen LogP contribution is -2.35. The van der Waals surface area contributed by atoms with E-state index in [2.05, 4.69) is 26.2 Å². The second-order valence-electron chi connectivity index (χ2n) is 4.92. The van der Waals surface area contributed by atoms with E-state index in [-0.39, 0.29) is 0 Å². The summed E-state index contributed by atoms with van der Waals surface area (Å²) in [5.41, 5.74) is 0. The number of rotatable bonds is 4. The highest BCUT2D eigenvalue weighted by Gasteiger charge is 2.22. The maximum Gasteiger partial charge on any atom is 0.00947 e. The average Bonchev–Trinajstić information content (AvgIpc) is 2.15. The molecule has 1 aliphatic rings. The van der Waals surface area contributed by atoms with Gasteiger partial charge in [0.05, 0.1) is 0 Å². The summed E-state index contributed by atoms with van der Waals surface area (Å²) in [6.45, 7) is 4.65. The Bertz CT molecular complexity index is 125. The summed E-state index contributed by atoms with van der Waals surface area (Å²) in [4.78, 5) is 0. The van der Waals surface area contributed by atoms with E-state index in [0.717, 1.165) is 17.9 Å². The summed E-state index contributed by atoms with van der Waals surface area (Å²) in [7, 11) is 2.13. The van der Waals surface area contributed by atoms with Gasteiger partial charge in [-0.1, -0.05) is 33.1 Å². The molecule has 0 aromatic heterocycles. The maximum absolute atomic E-state index is 3.50. The quantitative estimate of drug-likeness (QED) is 0.706. The van der Waals surface area contributed by atoms with Crippen molar-refractivity contribution in [3.63, 3.8) is 0 Å². The first kappa shape index (κ1) is 11.0. The second-order valence-corrected chi connectivity index (χ2v) is 4.92. The molecule has 78 valence electrons. The van der Waals surface area contributed by atoms with Crippen molar-refractivity contribution in [2.45, 2.75) is 58.4 Å². The van der Waals surface area contributed by atoms with Crippen LogP contribution in [-0.4, -0.2) is 13.1 Å². The van der Waals surface area contributed by atoms with Crippen LogP contribution in [0, 0.1) is 11.8 Å². The van der Waals surface area contributed by atoms with E-state index in [1.165, 1.54) is 38.5 Å². The van der Waals surface area contributed by atoms with Crippen LogP contribution >= 0.6 is 0 Å². The molecule has 13 heavy (non-hydrogen) atoms. The molecule has 1 atom stereocenters. The number of hydrogen-bond acceptors (Lipinski definition) is 1. The molecule has 0 spiro atoms. The summed E-state index contributed by atoms with van der Waals surface area (Å²) < 4.78 is 0. The Morgan fingerprint density at radius 3 is 2.23 bits per heavy atom. The normalized spacial score (nSPS) is 22.2. The Hall–Kier alpha value is -0.0400. The minimum Gasteiger partial charge on any atom is -0.317 e. The van der Waals surface area contributed by atoms with Crippen LogP contribution in [0.1, 0.15) is 52.4 Å². The molecule has 1 unspecified atom stereocenters. The third-order valence-corrected chi connectivity index (χ3v) is 3.31. The molecule has 1 rings (SSSR count). The molecule has 1 heteroatoms. The third kappa shape index (κ3) is 3.68. The lowest BCUT2D eigenvalue weighted by Gasteiger charge is -2.31. The predicted octanol–water partition coefficient (Wildman–Crippen LogP) is 3.20. The SMILES string of the molecule is CNC(CC(C)C)C1CCCCC1. The van der Waals surface area contributed by atoms with Gasteiger partial charge in [-0.3, -0.25) is 0 Å². The Morgan fingerprint density at radius 2 is 1.77 bits per heavy atom. The molecule has 1 saturated carbocycles. The molecule has 0 saturated heterocycles. The zero-order valence-corrected chi connectivity index (χ0v) is 9.47. The zero-order valence-electron chi connectivity index (χ0n) is 9.47. The van der Waals surface area contributed by atoms with Crippen LogP contribution in [0.15, 0.2) is 0 Å². The molecule has 0 aromatic carbocycles. The van der Waals surface area contributed by atoms with Gasteiger partial charge in [-0.05, 0) is 38.1 Å². The molecular formula is C12H25N. The van der Waals surface area contributed by atoms with Gasteiger partial charge in [0.15, 0.2) is 0 Å². The fourth-order valence-corrected chi connectivity index (χ4v) is 2.59. The highest BCUT2D eigenvalue weighted by molar-refractivity contribution is 4.78. The van der Waals surface area contributed by atoms with Crippen molar-refractivity contribution >= 4 is 0 Å². The fourth-order valence-electron chi connectivity index (χ4n) is 2.59. The lowest BCUT2D eigenvalue weighted by molar-refractivity contribution is 0.251. The van der Waals surface area contributed by atoms with Crippen molar-refractivity contribution < 1.29 is 0 Å². The molecule has 0 amide bonds. The van der Waals surface area contributed by atoms with Crippen LogP contribution < -0.4 is 5.32 Å². The topological polar surface area (TPSA) is 12.0 Å². The Balaban J connectivity index is 2.34. The largest absolute Gasteiger partial charge is 0.317 e. The van der Waals surface area contributed by atoms with E-state index in [0.29, 0.717) is 0 Å². The molecule has 1 nitrogen and oxygen atoms in total. The van der Waals surface area contributed by atoms with Crippen molar-refractivity contribution in [3.05, 3.63) is 0 Å². The van der Waals surface area contributed by atoms with E-state index in [4.69, 9.17) is 0 Å². The maximum atomic E-state index is 3.50. The van der Waals surface area contributed by atoms with Crippen LogP contribution in [-0.2, 0) is 0 Å².